The Balaban J connectivity index is 1.83. The fraction of sp³-hybridized carbons (Fsp3) is 0.222. The molecular formula is C18H19N3O3S2. The van der Waals surface area contributed by atoms with Crippen LogP contribution in [0.25, 0.3) is 0 Å². The van der Waals surface area contributed by atoms with Crippen LogP contribution in [0.15, 0.2) is 53.4 Å². The molecule has 0 heterocycles. The Morgan fingerprint density at radius 2 is 1.85 bits per heavy atom. The van der Waals surface area contributed by atoms with Crippen molar-refractivity contribution in [1.29, 1.82) is 5.26 Å². The van der Waals surface area contributed by atoms with Gasteiger partial charge in [-0.25, -0.2) is 13.1 Å². The highest BCUT2D eigenvalue weighted by atomic mass is 32.2. The molecule has 2 aromatic rings. The Labute approximate surface area is 157 Å². The molecule has 0 aliphatic heterocycles. The second kappa shape index (κ2) is 9.38. The zero-order valence-electron chi connectivity index (χ0n) is 14.2. The van der Waals surface area contributed by atoms with E-state index in [0.29, 0.717) is 22.8 Å². The van der Waals surface area contributed by atoms with Gasteiger partial charge in [-0.05, 0) is 35.9 Å². The number of benzene rings is 2. The van der Waals surface area contributed by atoms with Crippen LogP contribution >= 0.6 is 11.8 Å². The van der Waals surface area contributed by atoms with Crippen molar-refractivity contribution in [2.45, 2.75) is 17.6 Å². The Morgan fingerprint density at radius 1 is 1.15 bits per heavy atom. The topological polar surface area (TPSA) is 99.1 Å². The van der Waals surface area contributed by atoms with Gasteiger partial charge < -0.3 is 5.32 Å². The maximum atomic E-state index is 12.2. The minimum atomic E-state index is -3.59. The number of nitriles is 1. The normalized spacial score (nSPS) is 10.9. The largest absolute Gasteiger partial charge is 0.326 e. The van der Waals surface area contributed by atoms with Crippen LogP contribution in [0.3, 0.4) is 0 Å². The first-order valence-corrected chi connectivity index (χ1v) is 10.5. The molecule has 136 valence electrons. The van der Waals surface area contributed by atoms with E-state index in [-0.39, 0.29) is 17.3 Å². The van der Waals surface area contributed by atoms with E-state index in [9.17, 15) is 13.2 Å². The number of nitrogens with zero attached hydrogens (tertiary/aromatic N) is 1. The summed E-state index contributed by atoms with van der Waals surface area (Å²) in [5.41, 5.74) is 2.12. The molecule has 0 aliphatic carbocycles. The van der Waals surface area contributed by atoms with Crippen LogP contribution in [-0.4, -0.2) is 26.6 Å². The van der Waals surface area contributed by atoms with Crippen molar-refractivity contribution in [2.24, 2.45) is 0 Å². The van der Waals surface area contributed by atoms with Crippen LogP contribution in [0.2, 0.25) is 0 Å². The number of carbonyl (C=O) groups is 1. The zero-order valence-corrected chi connectivity index (χ0v) is 15.9. The molecule has 26 heavy (non-hydrogen) atoms. The summed E-state index contributed by atoms with van der Waals surface area (Å²) in [7, 11) is -3.59. The Bertz CT molecular complexity index is 904. The van der Waals surface area contributed by atoms with Crippen molar-refractivity contribution >= 4 is 33.4 Å². The average molecular weight is 390 g/mol. The minimum Gasteiger partial charge on any atom is -0.326 e. The molecule has 0 spiro atoms. The number of nitrogens with one attached hydrogen (secondary N) is 2. The van der Waals surface area contributed by atoms with E-state index in [1.807, 2.05) is 18.2 Å². The molecule has 2 aromatic carbocycles. The number of hydrogen-bond donors (Lipinski definition) is 2. The SMILES string of the molecule is CC(=O)Nc1ccc(S(=O)(=O)NCCSCc2ccccc2C#N)cc1. The first-order valence-electron chi connectivity index (χ1n) is 7.85. The summed E-state index contributed by atoms with van der Waals surface area (Å²) in [6.45, 7) is 1.67. The quantitative estimate of drug-likeness (QED) is 0.676. The number of carbonyl (C=O) groups excluding carboxylic acids is 1. The van der Waals surface area contributed by atoms with Gasteiger partial charge in [0.2, 0.25) is 15.9 Å². The smallest absolute Gasteiger partial charge is 0.240 e. The number of sulfonamides is 1. The summed E-state index contributed by atoms with van der Waals surface area (Å²) in [4.78, 5) is 11.1. The molecule has 2 N–H and O–H groups in total. The van der Waals surface area contributed by atoms with Crippen molar-refractivity contribution in [3.63, 3.8) is 0 Å². The standard InChI is InChI=1S/C18H19N3O3S2/c1-14(22)21-17-6-8-18(9-7-17)26(23,24)20-10-11-25-13-16-5-3-2-4-15(16)12-19/h2-9,20H,10-11,13H2,1H3,(H,21,22). The van der Waals surface area contributed by atoms with Crippen molar-refractivity contribution < 1.29 is 13.2 Å². The van der Waals surface area contributed by atoms with E-state index >= 15 is 0 Å². The molecule has 0 bridgehead atoms. The highest BCUT2D eigenvalue weighted by Crippen LogP contribution is 2.16. The van der Waals surface area contributed by atoms with Crippen LogP contribution < -0.4 is 10.0 Å². The van der Waals surface area contributed by atoms with Gasteiger partial charge in [0.15, 0.2) is 0 Å². The molecule has 0 aliphatic rings. The van der Waals surface area contributed by atoms with Crippen molar-refractivity contribution in [3.05, 3.63) is 59.7 Å². The van der Waals surface area contributed by atoms with Crippen LogP contribution in [-0.2, 0) is 20.6 Å². The minimum absolute atomic E-state index is 0.145. The Kier molecular flexibility index (Phi) is 7.21. The van der Waals surface area contributed by atoms with E-state index in [2.05, 4.69) is 16.1 Å². The molecule has 6 nitrogen and oxygen atoms in total. The lowest BCUT2D eigenvalue weighted by atomic mass is 10.1. The lowest BCUT2D eigenvalue weighted by molar-refractivity contribution is -0.114. The summed E-state index contributed by atoms with van der Waals surface area (Å²) < 4.78 is 27.0. The van der Waals surface area contributed by atoms with Crippen LogP contribution in [0.4, 0.5) is 5.69 Å². The Morgan fingerprint density at radius 3 is 2.50 bits per heavy atom. The third kappa shape index (κ3) is 5.88. The fourth-order valence-electron chi connectivity index (χ4n) is 2.19. The second-order valence-corrected chi connectivity index (χ2v) is 8.30. The lowest BCUT2D eigenvalue weighted by Crippen LogP contribution is -2.26. The van der Waals surface area contributed by atoms with E-state index in [1.54, 1.807) is 30.0 Å². The molecule has 0 unspecified atom stereocenters. The van der Waals surface area contributed by atoms with Gasteiger partial charge in [-0.2, -0.15) is 17.0 Å². The van der Waals surface area contributed by atoms with Crippen LogP contribution in [0.5, 0.6) is 0 Å². The highest BCUT2D eigenvalue weighted by Gasteiger charge is 2.13. The number of hydrogen-bond acceptors (Lipinski definition) is 5. The van der Waals surface area contributed by atoms with E-state index in [0.717, 1.165) is 5.56 Å². The predicted octanol–water partition coefficient (Wildman–Crippen LogP) is 2.73. The molecule has 2 rings (SSSR count). The number of rotatable bonds is 8. The predicted molar refractivity (Wildman–Crippen MR) is 103 cm³/mol. The second-order valence-electron chi connectivity index (χ2n) is 5.42. The van der Waals surface area contributed by atoms with Gasteiger partial charge in [0.1, 0.15) is 0 Å². The molecule has 1 amide bonds. The van der Waals surface area contributed by atoms with E-state index < -0.39 is 10.0 Å². The van der Waals surface area contributed by atoms with E-state index in [4.69, 9.17) is 5.26 Å². The number of thioether (sulfide) groups is 1. The van der Waals surface area contributed by atoms with Crippen LogP contribution in [0.1, 0.15) is 18.1 Å². The van der Waals surface area contributed by atoms with Crippen molar-refractivity contribution in [1.82, 2.24) is 4.72 Å². The summed E-state index contributed by atoms with van der Waals surface area (Å²) in [5, 5.41) is 11.6. The molecule has 0 saturated carbocycles. The highest BCUT2D eigenvalue weighted by molar-refractivity contribution is 7.98. The van der Waals surface area contributed by atoms with Crippen LogP contribution in [0, 0.1) is 11.3 Å². The summed E-state index contributed by atoms with van der Waals surface area (Å²) in [6.07, 6.45) is 0. The Hall–Kier alpha value is -2.34. The molecular weight excluding hydrogens is 370 g/mol. The van der Waals surface area contributed by atoms with E-state index in [1.165, 1.54) is 19.1 Å². The maximum absolute atomic E-state index is 12.2. The first kappa shape index (κ1) is 20.0. The number of anilines is 1. The van der Waals surface area contributed by atoms with Gasteiger partial charge in [-0.15, -0.1) is 0 Å². The van der Waals surface area contributed by atoms with Crippen molar-refractivity contribution in [2.75, 3.05) is 17.6 Å². The molecule has 0 fully saturated rings. The average Bonchev–Trinajstić information content (AvgIpc) is 2.61. The van der Waals surface area contributed by atoms with Gasteiger partial charge in [0.05, 0.1) is 16.5 Å². The zero-order chi connectivity index (χ0) is 19.0. The van der Waals surface area contributed by atoms with Crippen molar-refractivity contribution in [3.8, 4) is 6.07 Å². The first-order chi connectivity index (χ1) is 12.4. The third-order valence-corrected chi connectivity index (χ3v) is 5.90. The maximum Gasteiger partial charge on any atom is 0.240 e. The monoisotopic (exact) mass is 389 g/mol. The molecule has 0 aromatic heterocycles. The van der Waals surface area contributed by atoms with Gasteiger partial charge in [0.25, 0.3) is 0 Å². The summed E-state index contributed by atoms with van der Waals surface area (Å²) in [5.74, 6) is 1.02. The van der Waals surface area contributed by atoms with Gasteiger partial charge in [0, 0.05) is 30.7 Å². The van der Waals surface area contributed by atoms with Gasteiger partial charge >= 0.3 is 0 Å². The molecule has 8 heteroatoms. The number of amides is 1. The molecule has 0 saturated heterocycles. The fourth-order valence-corrected chi connectivity index (χ4v) is 4.21. The molecule has 0 radical (unpaired) electrons. The molecule has 0 atom stereocenters. The third-order valence-electron chi connectivity index (χ3n) is 3.42. The lowest BCUT2D eigenvalue weighted by Gasteiger charge is -2.08. The summed E-state index contributed by atoms with van der Waals surface area (Å²) in [6, 6.07) is 15.5. The summed E-state index contributed by atoms with van der Waals surface area (Å²) >= 11 is 1.56. The van der Waals surface area contributed by atoms with Gasteiger partial charge in [-0.1, -0.05) is 18.2 Å². The van der Waals surface area contributed by atoms with Gasteiger partial charge in [-0.3, -0.25) is 4.79 Å².